The third kappa shape index (κ3) is 4.28. The summed E-state index contributed by atoms with van der Waals surface area (Å²) < 4.78 is 5.83. The molecule has 1 aromatic heterocycles. The van der Waals surface area contributed by atoms with Crippen molar-refractivity contribution < 1.29 is 24.2 Å². The van der Waals surface area contributed by atoms with Crippen LogP contribution in [0.3, 0.4) is 0 Å². The molecule has 2 N–H and O–H groups in total. The second-order valence-corrected chi connectivity index (χ2v) is 8.47. The van der Waals surface area contributed by atoms with E-state index in [1.165, 1.54) is 18.4 Å². The number of anilines is 1. The molecule has 148 valence electrons. The smallest absolute Gasteiger partial charge is 0.341 e. The lowest BCUT2D eigenvalue weighted by molar-refractivity contribution is -0.147. The van der Waals surface area contributed by atoms with Gasteiger partial charge in [-0.2, -0.15) is 0 Å². The van der Waals surface area contributed by atoms with E-state index in [-0.39, 0.29) is 11.5 Å². The fourth-order valence-electron chi connectivity index (χ4n) is 3.54. The Bertz CT molecular complexity index is 893. The van der Waals surface area contributed by atoms with Gasteiger partial charge in [-0.25, -0.2) is 4.79 Å². The standard InChI is InChI=1S/C20H20BrNO5S/c1-27-20(26)16-15(11-6-8-12(21)9-7-11)10-28-18(16)22-17(23)13-4-2-3-5-14(13)19(24)25/h6-10,13-14H,2-5H2,1H3,(H,22,23)(H,24,25)/t13-,14-/m0/s1. The van der Waals surface area contributed by atoms with Gasteiger partial charge in [0.25, 0.3) is 0 Å². The van der Waals surface area contributed by atoms with Crippen LogP contribution in [0.25, 0.3) is 11.1 Å². The zero-order valence-corrected chi connectivity index (χ0v) is 17.6. The molecular weight excluding hydrogens is 446 g/mol. The Morgan fingerprint density at radius 1 is 1.14 bits per heavy atom. The van der Waals surface area contributed by atoms with Crippen LogP contribution < -0.4 is 5.32 Å². The van der Waals surface area contributed by atoms with E-state index in [2.05, 4.69) is 21.2 Å². The highest BCUT2D eigenvalue weighted by molar-refractivity contribution is 9.10. The van der Waals surface area contributed by atoms with Crippen molar-refractivity contribution >= 4 is 50.1 Å². The minimum Gasteiger partial charge on any atom is -0.481 e. The number of methoxy groups -OCH3 is 1. The second kappa shape index (κ2) is 8.87. The molecule has 2 aromatic rings. The van der Waals surface area contributed by atoms with Crippen LogP contribution in [-0.2, 0) is 14.3 Å². The SMILES string of the molecule is COC(=O)c1c(-c2ccc(Br)cc2)csc1NC(=O)[C@H]1CCCC[C@@H]1C(=O)O. The molecule has 1 saturated carbocycles. The number of carboxylic acid groups (broad SMARTS) is 1. The average Bonchev–Trinajstić information content (AvgIpc) is 3.11. The Morgan fingerprint density at radius 3 is 2.39 bits per heavy atom. The highest BCUT2D eigenvalue weighted by atomic mass is 79.9. The molecule has 1 aliphatic carbocycles. The zero-order valence-electron chi connectivity index (χ0n) is 15.2. The van der Waals surface area contributed by atoms with Crippen molar-refractivity contribution in [2.24, 2.45) is 11.8 Å². The first-order valence-corrected chi connectivity index (χ1v) is 10.6. The molecule has 0 radical (unpaired) electrons. The Kier molecular flexibility index (Phi) is 6.51. The van der Waals surface area contributed by atoms with Gasteiger partial charge < -0.3 is 15.2 Å². The summed E-state index contributed by atoms with van der Waals surface area (Å²) in [6.07, 6.45) is 2.65. The van der Waals surface area contributed by atoms with Gasteiger partial charge in [0.05, 0.1) is 18.9 Å². The lowest BCUT2D eigenvalue weighted by atomic mass is 9.79. The normalized spacial score (nSPS) is 19.1. The van der Waals surface area contributed by atoms with Crippen molar-refractivity contribution in [3.63, 3.8) is 0 Å². The fraction of sp³-hybridized carbons (Fsp3) is 0.350. The maximum absolute atomic E-state index is 12.8. The van der Waals surface area contributed by atoms with Gasteiger partial charge in [0.2, 0.25) is 5.91 Å². The van der Waals surface area contributed by atoms with Crippen LogP contribution in [-0.4, -0.2) is 30.1 Å². The largest absolute Gasteiger partial charge is 0.481 e. The molecule has 1 aliphatic rings. The number of halogens is 1. The summed E-state index contributed by atoms with van der Waals surface area (Å²) in [6.45, 7) is 0. The van der Waals surface area contributed by atoms with Crippen molar-refractivity contribution in [2.45, 2.75) is 25.7 Å². The number of benzene rings is 1. The van der Waals surface area contributed by atoms with Crippen LogP contribution in [0.15, 0.2) is 34.1 Å². The van der Waals surface area contributed by atoms with E-state index in [1.807, 2.05) is 24.3 Å². The molecule has 0 spiro atoms. The highest BCUT2D eigenvalue weighted by Crippen LogP contribution is 2.38. The first kappa shape index (κ1) is 20.5. The van der Waals surface area contributed by atoms with E-state index in [1.54, 1.807) is 5.38 Å². The number of rotatable bonds is 5. The Hall–Kier alpha value is -2.19. The number of esters is 1. The molecule has 0 unspecified atom stereocenters. The van der Waals surface area contributed by atoms with Gasteiger partial charge in [-0.15, -0.1) is 11.3 Å². The summed E-state index contributed by atoms with van der Waals surface area (Å²) in [5.74, 6) is -3.15. The lowest BCUT2D eigenvalue weighted by Crippen LogP contribution is -2.36. The molecule has 1 heterocycles. The molecule has 0 aliphatic heterocycles. The van der Waals surface area contributed by atoms with Gasteiger partial charge in [0, 0.05) is 15.4 Å². The van der Waals surface area contributed by atoms with E-state index in [0.717, 1.165) is 22.9 Å². The highest BCUT2D eigenvalue weighted by Gasteiger charge is 2.36. The lowest BCUT2D eigenvalue weighted by Gasteiger charge is -2.27. The molecule has 28 heavy (non-hydrogen) atoms. The molecule has 0 saturated heterocycles. The van der Waals surface area contributed by atoms with Crippen molar-refractivity contribution in [2.75, 3.05) is 12.4 Å². The van der Waals surface area contributed by atoms with E-state index < -0.39 is 23.8 Å². The summed E-state index contributed by atoms with van der Waals surface area (Å²) in [7, 11) is 1.29. The van der Waals surface area contributed by atoms with Gasteiger partial charge in [-0.1, -0.05) is 40.9 Å². The van der Waals surface area contributed by atoms with Gasteiger partial charge >= 0.3 is 11.9 Å². The quantitative estimate of drug-likeness (QED) is 0.618. The summed E-state index contributed by atoms with van der Waals surface area (Å²) in [4.78, 5) is 36.7. The second-order valence-electron chi connectivity index (χ2n) is 6.68. The van der Waals surface area contributed by atoms with Crippen molar-refractivity contribution in [1.82, 2.24) is 0 Å². The molecular formula is C20H20BrNO5S. The number of nitrogens with one attached hydrogen (secondary N) is 1. The third-order valence-corrected chi connectivity index (χ3v) is 6.42. The van der Waals surface area contributed by atoms with Crippen molar-refractivity contribution in [3.8, 4) is 11.1 Å². The first-order chi connectivity index (χ1) is 13.4. The zero-order chi connectivity index (χ0) is 20.3. The van der Waals surface area contributed by atoms with Gasteiger partial charge in [0.1, 0.15) is 10.6 Å². The van der Waals surface area contributed by atoms with E-state index in [9.17, 15) is 19.5 Å². The molecule has 6 nitrogen and oxygen atoms in total. The number of amides is 1. The van der Waals surface area contributed by atoms with E-state index in [4.69, 9.17) is 4.74 Å². The maximum atomic E-state index is 12.8. The van der Waals surface area contributed by atoms with Gasteiger partial charge in [-0.05, 0) is 30.5 Å². The van der Waals surface area contributed by atoms with Gasteiger partial charge in [-0.3, -0.25) is 9.59 Å². The summed E-state index contributed by atoms with van der Waals surface area (Å²) in [6, 6.07) is 7.47. The molecule has 1 amide bonds. The predicted molar refractivity (Wildman–Crippen MR) is 111 cm³/mol. The van der Waals surface area contributed by atoms with E-state index in [0.29, 0.717) is 23.4 Å². The molecule has 3 rings (SSSR count). The Balaban J connectivity index is 1.91. The topological polar surface area (TPSA) is 92.7 Å². The third-order valence-electron chi connectivity index (χ3n) is 4.99. The number of ether oxygens (including phenoxy) is 1. The average molecular weight is 466 g/mol. The number of carboxylic acids is 1. The number of hydrogen-bond acceptors (Lipinski definition) is 5. The molecule has 1 aromatic carbocycles. The predicted octanol–water partition coefficient (Wildman–Crippen LogP) is 4.79. The fourth-order valence-corrected chi connectivity index (χ4v) is 4.77. The molecule has 0 bridgehead atoms. The summed E-state index contributed by atoms with van der Waals surface area (Å²) in [5.41, 5.74) is 1.77. The number of carbonyl (C=O) groups excluding carboxylic acids is 2. The first-order valence-electron chi connectivity index (χ1n) is 8.91. The minimum absolute atomic E-state index is 0.283. The summed E-state index contributed by atoms with van der Waals surface area (Å²) in [5, 5.41) is 14.4. The monoisotopic (exact) mass is 465 g/mol. The number of aliphatic carboxylic acids is 1. The van der Waals surface area contributed by atoms with Crippen molar-refractivity contribution in [3.05, 3.63) is 39.7 Å². The van der Waals surface area contributed by atoms with Crippen LogP contribution >= 0.6 is 27.3 Å². The molecule has 2 atom stereocenters. The van der Waals surface area contributed by atoms with Crippen LogP contribution in [0.2, 0.25) is 0 Å². The van der Waals surface area contributed by atoms with Crippen molar-refractivity contribution in [1.29, 1.82) is 0 Å². The van der Waals surface area contributed by atoms with Crippen LogP contribution in [0.4, 0.5) is 5.00 Å². The number of carbonyl (C=O) groups is 3. The van der Waals surface area contributed by atoms with Crippen LogP contribution in [0.5, 0.6) is 0 Å². The minimum atomic E-state index is -0.949. The Labute approximate surface area is 175 Å². The molecule has 8 heteroatoms. The summed E-state index contributed by atoms with van der Waals surface area (Å²) >= 11 is 4.61. The molecule has 1 fully saturated rings. The maximum Gasteiger partial charge on any atom is 0.341 e. The van der Waals surface area contributed by atoms with Gasteiger partial charge in [0.15, 0.2) is 0 Å². The number of thiophene rings is 1. The van der Waals surface area contributed by atoms with Crippen LogP contribution in [0.1, 0.15) is 36.0 Å². The van der Waals surface area contributed by atoms with Crippen LogP contribution in [0, 0.1) is 11.8 Å². The Morgan fingerprint density at radius 2 is 1.79 bits per heavy atom. The van der Waals surface area contributed by atoms with E-state index >= 15 is 0 Å². The number of hydrogen-bond donors (Lipinski definition) is 2.